The quantitative estimate of drug-likeness (QED) is 0.561. The number of hydrogen-bond donors (Lipinski definition) is 3. The Kier molecular flexibility index (Phi) is 4.77. The average molecular weight is 281 g/mol. The van der Waals surface area contributed by atoms with Crippen LogP contribution in [0.25, 0.3) is 0 Å². The Morgan fingerprint density at radius 1 is 1.44 bits per heavy atom. The third-order valence-corrected chi connectivity index (χ3v) is 3.59. The van der Waals surface area contributed by atoms with Gasteiger partial charge in [0.25, 0.3) is 0 Å². The third kappa shape index (κ3) is 3.85. The van der Waals surface area contributed by atoms with Crippen molar-refractivity contribution < 1.29 is 0 Å². The van der Waals surface area contributed by atoms with Crippen LogP contribution >= 0.6 is 24.0 Å². The number of aryl methyl sites for hydroxylation is 1. The Hall–Kier alpha value is -1.34. The van der Waals surface area contributed by atoms with Gasteiger partial charge < -0.3 is 15.3 Å². The molecule has 18 heavy (non-hydrogen) atoms. The number of hydrogen-bond acceptors (Lipinski definition) is 5. The van der Waals surface area contributed by atoms with Gasteiger partial charge in [-0.15, -0.1) is 0 Å². The zero-order valence-corrected chi connectivity index (χ0v) is 11.7. The summed E-state index contributed by atoms with van der Waals surface area (Å²) >= 11 is 6.79. The zero-order chi connectivity index (χ0) is 12.8. The van der Waals surface area contributed by atoms with E-state index in [4.69, 9.17) is 12.2 Å². The highest BCUT2D eigenvalue weighted by Crippen LogP contribution is 2.12. The Bertz CT molecular complexity index is 548. The van der Waals surface area contributed by atoms with Gasteiger partial charge in [-0.25, -0.2) is 9.97 Å². The van der Waals surface area contributed by atoms with Gasteiger partial charge in [0.15, 0.2) is 4.77 Å². The molecule has 0 bridgehead atoms. The first-order chi connectivity index (χ1) is 8.75. The molecular weight excluding hydrogens is 266 g/mol. The molecule has 5 nitrogen and oxygen atoms in total. The number of aromatic nitrogens is 4. The average Bonchev–Trinajstić information content (AvgIpc) is 2.75. The number of imidazole rings is 1. The van der Waals surface area contributed by atoms with Crippen LogP contribution < -0.4 is 5.32 Å². The fourth-order valence-corrected chi connectivity index (χ4v) is 2.48. The molecule has 0 amide bonds. The number of anilines is 1. The number of nitrogens with one attached hydrogen (secondary N) is 3. The summed E-state index contributed by atoms with van der Waals surface area (Å²) in [4.78, 5) is 14.3. The minimum Gasteiger partial charge on any atom is -0.371 e. The molecule has 0 saturated heterocycles. The lowest BCUT2D eigenvalue weighted by Gasteiger charge is -2.05. The molecule has 2 aromatic rings. The number of nitrogens with zero attached hydrogens (tertiary/aromatic N) is 2. The summed E-state index contributed by atoms with van der Waals surface area (Å²) in [6.07, 6.45) is 3.43. The molecule has 0 aromatic carbocycles. The molecule has 7 heteroatoms. The van der Waals surface area contributed by atoms with Gasteiger partial charge in [0.05, 0.1) is 12.0 Å². The summed E-state index contributed by atoms with van der Waals surface area (Å²) in [7, 11) is 0. The van der Waals surface area contributed by atoms with Crippen LogP contribution in [0.1, 0.15) is 11.4 Å². The summed E-state index contributed by atoms with van der Waals surface area (Å²) in [5.41, 5.74) is 2.27. The van der Waals surface area contributed by atoms with Crippen molar-refractivity contribution in [1.82, 2.24) is 19.9 Å². The van der Waals surface area contributed by atoms with E-state index >= 15 is 0 Å². The summed E-state index contributed by atoms with van der Waals surface area (Å²) < 4.78 is 0.500. The third-order valence-electron chi connectivity index (χ3n) is 2.41. The van der Waals surface area contributed by atoms with Crippen LogP contribution in [0.2, 0.25) is 0 Å². The fraction of sp³-hybridized carbons (Fsp3) is 0.364. The molecule has 0 spiro atoms. The van der Waals surface area contributed by atoms with E-state index in [-0.39, 0.29) is 0 Å². The van der Waals surface area contributed by atoms with Gasteiger partial charge in [0.2, 0.25) is 0 Å². The van der Waals surface area contributed by atoms with Gasteiger partial charge in [0, 0.05) is 29.9 Å². The van der Waals surface area contributed by atoms with Crippen molar-refractivity contribution in [2.45, 2.75) is 12.7 Å². The number of rotatable bonds is 6. The first-order valence-electron chi connectivity index (χ1n) is 5.61. The monoisotopic (exact) mass is 281 g/mol. The highest BCUT2D eigenvalue weighted by Gasteiger charge is 2.00. The maximum Gasteiger partial charge on any atom is 0.198 e. The van der Waals surface area contributed by atoms with Crippen LogP contribution in [0.5, 0.6) is 0 Å². The molecule has 3 N–H and O–H groups in total. The van der Waals surface area contributed by atoms with Crippen molar-refractivity contribution in [2.75, 3.05) is 17.6 Å². The molecule has 0 aliphatic heterocycles. The van der Waals surface area contributed by atoms with E-state index in [1.54, 1.807) is 12.5 Å². The van der Waals surface area contributed by atoms with E-state index < -0.39 is 0 Å². The fourth-order valence-electron chi connectivity index (χ4n) is 1.43. The zero-order valence-electron chi connectivity index (χ0n) is 10.1. The van der Waals surface area contributed by atoms with Crippen LogP contribution in [0.3, 0.4) is 0 Å². The molecule has 96 valence electrons. The van der Waals surface area contributed by atoms with E-state index in [9.17, 15) is 0 Å². The highest BCUT2D eigenvalue weighted by molar-refractivity contribution is 7.98. The molecule has 0 fully saturated rings. The lowest BCUT2D eigenvalue weighted by atomic mass is 10.4. The first kappa shape index (κ1) is 13.1. The van der Waals surface area contributed by atoms with Crippen LogP contribution in [0.4, 0.5) is 5.82 Å². The van der Waals surface area contributed by atoms with E-state index in [1.807, 2.05) is 24.8 Å². The van der Waals surface area contributed by atoms with Gasteiger partial charge in [-0.3, -0.25) is 0 Å². The molecule has 0 aliphatic carbocycles. The van der Waals surface area contributed by atoms with Gasteiger partial charge in [-0.1, -0.05) is 0 Å². The number of H-pyrrole nitrogens is 2. The van der Waals surface area contributed by atoms with Crippen molar-refractivity contribution in [3.05, 3.63) is 34.7 Å². The van der Waals surface area contributed by atoms with Gasteiger partial charge in [-0.05, 0) is 25.2 Å². The Morgan fingerprint density at radius 3 is 3.06 bits per heavy atom. The maximum absolute atomic E-state index is 4.95. The van der Waals surface area contributed by atoms with E-state index in [2.05, 4.69) is 25.3 Å². The van der Waals surface area contributed by atoms with Crippen molar-refractivity contribution in [1.29, 1.82) is 0 Å². The van der Waals surface area contributed by atoms with E-state index in [0.29, 0.717) is 4.77 Å². The van der Waals surface area contributed by atoms with Crippen LogP contribution in [0, 0.1) is 11.7 Å². The first-order valence-corrected chi connectivity index (χ1v) is 7.18. The predicted molar refractivity (Wildman–Crippen MR) is 77.4 cm³/mol. The van der Waals surface area contributed by atoms with Gasteiger partial charge in [-0.2, -0.15) is 11.8 Å². The summed E-state index contributed by atoms with van der Waals surface area (Å²) in [5.74, 6) is 2.85. The molecule has 2 aromatic heterocycles. The normalized spacial score (nSPS) is 10.5. The molecule has 0 unspecified atom stereocenters. The second kappa shape index (κ2) is 6.55. The smallest absolute Gasteiger partial charge is 0.198 e. The molecule has 0 radical (unpaired) electrons. The molecule has 0 saturated carbocycles. The van der Waals surface area contributed by atoms with Gasteiger partial charge in [0.1, 0.15) is 5.82 Å². The molecular formula is C11H15N5S2. The van der Waals surface area contributed by atoms with Crippen LogP contribution in [-0.4, -0.2) is 32.2 Å². The SMILES string of the molecule is Cc1[nH]cnc1CSCCNc1ccnc(=S)[nH]1. The summed E-state index contributed by atoms with van der Waals surface area (Å²) in [6.45, 7) is 2.92. The molecule has 2 heterocycles. The highest BCUT2D eigenvalue weighted by atomic mass is 32.2. The van der Waals surface area contributed by atoms with Crippen molar-refractivity contribution in [3.8, 4) is 0 Å². The Balaban J connectivity index is 1.68. The molecule has 0 atom stereocenters. The Labute approximate surface area is 115 Å². The number of thioether (sulfide) groups is 1. The van der Waals surface area contributed by atoms with Crippen LogP contribution in [-0.2, 0) is 5.75 Å². The standard InChI is InChI=1S/C11H15N5S2/c1-8-9(15-7-14-8)6-18-5-4-12-10-2-3-13-11(17)16-10/h2-3,7H,4-6H2,1H3,(H,14,15)(H2,12,13,16,17). The molecule has 2 rings (SSSR count). The second-order valence-electron chi connectivity index (χ2n) is 3.74. The maximum atomic E-state index is 4.95. The largest absolute Gasteiger partial charge is 0.371 e. The minimum atomic E-state index is 0.500. The lowest BCUT2D eigenvalue weighted by molar-refractivity contribution is 1.09. The predicted octanol–water partition coefficient (Wildman–Crippen LogP) is 2.52. The van der Waals surface area contributed by atoms with Gasteiger partial charge >= 0.3 is 0 Å². The molecule has 0 aliphatic rings. The van der Waals surface area contributed by atoms with E-state index in [0.717, 1.165) is 35.3 Å². The minimum absolute atomic E-state index is 0.500. The second-order valence-corrected chi connectivity index (χ2v) is 5.23. The number of aromatic amines is 2. The lowest BCUT2D eigenvalue weighted by Crippen LogP contribution is -2.06. The van der Waals surface area contributed by atoms with E-state index in [1.165, 1.54) is 0 Å². The van der Waals surface area contributed by atoms with Crippen molar-refractivity contribution in [2.24, 2.45) is 0 Å². The van der Waals surface area contributed by atoms with Crippen molar-refractivity contribution >= 4 is 29.8 Å². The van der Waals surface area contributed by atoms with Crippen LogP contribution in [0.15, 0.2) is 18.6 Å². The topological polar surface area (TPSA) is 69.4 Å². The summed E-state index contributed by atoms with van der Waals surface area (Å²) in [5, 5.41) is 3.27. The van der Waals surface area contributed by atoms with Crippen molar-refractivity contribution in [3.63, 3.8) is 0 Å². The summed E-state index contributed by atoms with van der Waals surface area (Å²) in [6, 6.07) is 1.87. The Morgan fingerprint density at radius 2 is 2.33 bits per heavy atom.